The predicted octanol–water partition coefficient (Wildman–Crippen LogP) is 1.82. The smallest absolute Gasteiger partial charge is 0.0985 e. The van der Waals surface area contributed by atoms with Crippen molar-refractivity contribution in [3.8, 4) is 0 Å². The van der Waals surface area contributed by atoms with Crippen molar-refractivity contribution in [1.29, 1.82) is 0 Å². The number of rotatable bonds is 3. The van der Waals surface area contributed by atoms with Gasteiger partial charge in [0.05, 0.1) is 12.0 Å². The van der Waals surface area contributed by atoms with Gasteiger partial charge in [0.15, 0.2) is 0 Å². The average Bonchev–Trinajstić information content (AvgIpc) is 1.68. The summed E-state index contributed by atoms with van der Waals surface area (Å²) in [5, 5.41) is 9.75. The Morgan fingerprint density at radius 3 is 2.43 bits per heavy atom. The van der Waals surface area contributed by atoms with Crippen LogP contribution in [0.1, 0.15) is 19.8 Å². The van der Waals surface area contributed by atoms with Gasteiger partial charge in [-0.05, 0) is 6.42 Å². The first-order valence-corrected chi connectivity index (χ1v) is 2.97. The molecule has 7 heavy (non-hydrogen) atoms. The number of hydrogen-bond donors (Lipinski definition) is 0. The Labute approximate surface area is 49.3 Å². The molecule has 1 atom stereocenters. The zero-order chi connectivity index (χ0) is 5.70. The molecule has 0 aliphatic rings. The first kappa shape index (κ1) is 7.25. The molecule has 0 aliphatic carbocycles. The topological polar surface area (TPSA) is 19.9 Å². The molecule has 0 aliphatic heterocycles. The number of alkyl halides is 1. The normalized spacial score (nSPS) is 14.1. The second-order valence-electron chi connectivity index (χ2n) is 1.55. The Kier molecular flexibility index (Phi) is 4.57. The van der Waals surface area contributed by atoms with Crippen LogP contribution in [0.15, 0.2) is 0 Å². The maximum absolute atomic E-state index is 9.89. The van der Waals surface area contributed by atoms with Crippen molar-refractivity contribution in [2.45, 2.75) is 25.1 Å². The van der Waals surface area contributed by atoms with Crippen molar-refractivity contribution in [3.63, 3.8) is 0 Å². The van der Waals surface area contributed by atoms with Crippen LogP contribution in [0.4, 0.5) is 0 Å². The van der Waals surface area contributed by atoms with Gasteiger partial charge < -0.3 is 0 Å². The number of hydrogen-bond acceptors (Lipinski definition) is 0. The summed E-state index contributed by atoms with van der Waals surface area (Å²) in [7, 11) is 0. The van der Waals surface area contributed by atoms with Gasteiger partial charge >= 0.3 is 0 Å². The van der Waals surface area contributed by atoms with Crippen molar-refractivity contribution in [3.05, 3.63) is 0 Å². The van der Waals surface area contributed by atoms with E-state index >= 15 is 0 Å². The van der Waals surface area contributed by atoms with Gasteiger partial charge in [0.1, 0.15) is 0 Å². The molecule has 0 amide bonds. The first-order valence-electron chi connectivity index (χ1n) is 2.53. The SMILES string of the molecule is CCCC(Cl)C[O]. The summed E-state index contributed by atoms with van der Waals surface area (Å²) in [5.41, 5.74) is 0. The first-order chi connectivity index (χ1) is 3.31. The Morgan fingerprint density at radius 2 is 2.29 bits per heavy atom. The predicted molar refractivity (Wildman–Crippen MR) is 30.1 cm³/mol. The molecular formula is C5H10ClO. The van der Waals surface area contributed by atoms with Crippen molar-refractivity contribution < 1.29 is 5.11 Å². The third kappa shape index (κ3) is 4.10. The van der Waals surface area contributed by atoms with Crippen molar-refractivity contribution in [2.24, 2.45) is 0 Å². The van der Waals surface area contributed by atoms with E-state index in [0.29, 0.717) is 0 Å². The molecule has 0 spiro atoms. The molecule has 0 aromatic carbocycles. The lowest BCUT2D eigenvalue weighted by Crippen LogP contribution is -2.00. The quantitative estimate of drug-likeness (QED) is 0.508. The average molecular weight is 122 g/mol. The van der Waals surface area contributed by atoms with Gasteiger partial charge in [-0.1, -0.05) is 13.3 Å². The largest absolute Gasteiger partial charge is 0.235 e. The minimum atomic E-state index is -0.143. The van der Waals surface area contributed by atoms with Crippen molar-refractivity contribution in [2.75, 3.05) is 6.61 Å². The van der Waals surface area contributed by atoms with Gasteiger partial charge in [-0.25, -0.2) is 5.11 Å². The van der Waals surface area contributed by atoms with Crippen LogP contribution in [0.5, 0.6) is 0 Å². The molecule has 1 nitrogen and oxygen atoms in total. The van der Waals surface area contributed by atoms with Gasteiger partial charge in [0.2, 0.25) is 0 Å². The summed E-state index contributed by atoms with van der Waals surface area (Å²) in [5.74, 6) is 0. The molecular weight excluding hydrogens is 112 g/mol. The van der Waals surface area contributed by atoms with Crippen LogP contribution in [0.25, 0.3) is 0 Å². The summed E-state index contributed by atoms with van der Waals surface area (Å²) in [6.07, 6.45) is 1.86. The Balaban J connectivity index is 2.83. The highest BCUT2D eigenvalue weighted by molar-refractivity contribution is 6.20. The summed E-state index contributed by atoms with van der Waals surface area (Å²) in [6.45, 7) is 1.88. The monoisotopic (exact) mass is 121 g/mol. The van der Waals surface area contributed by atoms with E-state index in [2.05, 4.69) is 0 Å². The maximum Gasteiger partial charge on any atom is 0.0985 e. The van der Waals surface area contributed by atoms with Gasteiger partial charge in [-0.2, -0.15) is 0 Å². The molecule has 0 rings (SSSR count). The van der Waals surface area contributed by atoms with Crippen molar-refractivity contribution in [1.82, 2.24) is 0 Å². The summed E-state index contributed by atoms with van der Waals surface area (Å²) >= 11 is 5.45. The molecule has 1 radical (unpaired) electrons. The lowest BCUT2D eigenvalue weighted by molar-refractivity contribution is 0.189. The molecule has 0 saturated carbocycles. The molecule has 0 aromatic heterocycles. The lowest BCUT2D eigenvalue weighted by atomic mass is 10.3. The van der Waals surface area contributed by atoms with Gasteiger partial charge in [0, 0.05) is 0 Å². The van der Waals surface area contributed by atoms with Crippen LogP contribution in [-0.2, 0) is 5.11 Å². The third-order valence-electron chi connectivity index (χ3n) is 0.783. The van der Waals surface area contributed by atoms with Gasteiger partial charge in [-0.15, -0.1) is 11.6 Å². The fourth-order valence-corrected chi connectivity index (χ4v) is 0.615. The van der Waals surface area contributed by atoms with Gasteiger partial charge in [0.25, 0.3) is 0 Å². The van der Waals surface area contributed by atoms with Crippen LogP contribution in [0, 0.1) is 0 Å². The molecule has 0 saturated heterocycles. The Hall–Kier alpha value is 0.250. The third-order valence-corrected chi connectivity index (χ3v) is 1.13. The summed E-state index contributed by atoms with van der Waals surface area (Å²) < 4.78 is 0. The van der Waals surface area contributed by atoms with Crippen LogP contribution in [0.2, 0.25) is 0 Å². The molecule has 43 valence electrons. The highest BCUT2D eigenvalue weighted by atomic mass is 35.5. The molecule has 0 fully saturated rings. The lowest BCUT2D eigenvalue weighted by Gasteiger charge is -1.97. The maximum atomic E-state index is 9.89. The summed E-state index contributed by atoms with van der Waals surface area (Å²) in [6, 6.07) is 0. The second kappa shape index (κ2) is 4.41. The van der Waals surface area contributed by atoms with E-state index in [4.69, 9.17) is 11.6 Å². The van der Waals surface area contributed by atoms with E-state index in [0.717, 1.165) is 12.8 Å². The zero-order valence-electron chi connectivity index (χ0n) is 4.48. The van der Waals surface area contributed by atoms with E-state index in [-0.39, 0.29) is 12.0 Å². The van der Waals surface area contributed by atoms with E-state index < -0.39 is 0 Å². The fraction of sp³-hybridized carbons (Fsp3) is 1.00. The fourth-order valence-electron chi connectivity index (χ4n) is 0.397. The molecule has 0 N–H and O–H groups in total. The van der Waals surface area contributed by atoms with Crippen LogP contribution < -0.4 is 0 Å². The molecule has 0 bridgehead atoms. The van der Waals surface area contributed by atoms with Gasteiger partial charge in [-0.3, -0.25) is 0 Å². The van der Waals surface area contributed by atoms with E-state index in [9.17, 15) is 5.11 Å². The molecule has 2 heteroatoms. The number of halogens is 1. The van der Waals surface area contributed by atoms with E-state index in [1.165, 1.54) is 0 Å². The van der Waals surface area contributed by atoms with Crippen LogP contribution in [-0.4, -0.2) is 12.0 Å². The Morgan fingerprint density at radius 1 is 1.71 bits per heavy atom. The minimum absolute atomic E-state index is 0.134. The standard InChI is InChI=1S/C5H10ClO/c1-2-3-5(6)4-7/h5H,2-4H2,1H3. The van der Waals surface area contributed by atoms with E-state index in [1.54, 1.807) is 0 Å². The molecule has 1 unspecified atom stereocenters. The molecule has 0 heterocycles. The zero-order valence-corrected chi connectivity index (χ0v) is 5.24. The highest BCUT2D eigenvalue weighted by Crippen LogP contribution is 2.02. The van der Waals surface area contributed by atoms with E-state index in [1.807, 2.05) is 6.92 Å². The highest BCUT2D eigenvalue weighted by Gasteiger charge is 1.98. The van der Waals surface area contributed by atoms with Crippen LogP contribution >= 0.6 is 11.6 Å². The van der Waals surface area contributed by atoms with Crippen LogP contribution in [0.3, 0.4) is 0 Å². The van der Waals surface area contributed by atoms with Crippen molar-refractivity contribution >= 4 is 11.6 Å². The Bertz CT molecular complexity index is 39.1. The summed E-state index contributed by atoms with van der Waals surface area (Å²) in [4.78, 5) is 0. The minimum Gasteiger partial charge on any atom is -0.235 e. The second-order valence-corrected chi connectivity index (χ2v) is 2.17. The molecule has 0 aromatic rings.